The van der Waals surface area contributed by atoms with Gasteiger partial charge in [-0.25, -0.2) is 54.1 Å². The largest absolute Gasteiger partial charge is 1.00 e. The van der Waals surface area contributed by atoms with E-state index in [0.29, 0.717) is 94.2 Å². The second-order valence-corrected chi connectivity index (χ2v) is 39.1. The molecule has 0 aliphatic heterocycles. The molecule has 7 aliphatic rings. The molecular formula is C113H128BrClF9KLiN7O12Si. The van der Waals surface area contributed by atoms with Crippen molar-refractivity contribution in [1.29, 1.82) is 0 Å². The maximum Gasteiger partial charge on any atom is 1.00 e. The van der Waals surface area contributed by atoms with E-state index < -0.39 is 37.7 Å². The van der Waals surface area contributed by atoms with E-state index in [2.05, 4.69) is 40.4 Å². The number of aliphatic imine (C=N–C) groups is 1. The summed E-state index contributed by atoms with van der Waals surface area (Å²) in [7, 11) is -0.861. The molecule has 0 saturated heterocycles. The van der Waals surface area contributed by atoms with Crippen LogP contribution in [0, 0.1) is 112 Å². The minimum absolute atomic E-state index is 0. The molecule has 0 radical (unpaired) electrons. The molecule has 8 N–H and O–H groups in total. The molecule has 14 unspecified atom stereocenters. The van der Waals surface area contributed by atoms with E-state index in [1.807, 2.05) is 81.5 Å². The number of aldehydes is 1. The zero-order valence-electron chi connectivity index (χ0n) is 83.8. The number of carboxylic acids is 1. The average Bonchev–Trinajstić information content (AvgIpc) is 1.68. The van der Waals surface area contributed by atoms with Gasteiger partial charge in [0.2, 0.25) is 12.0 Å². The van der Waals surface area contributed by atoms with E-state index in [9.17, 15) is 73.1 Å². The molecule has 0 bridgehead atoms. The number of hydrogen-bond acceptors (Lipinski definition) is 14. The Labute approximate surface area is 923 Å². The third kappa shape index (κ3) is 56.8. The van der Waals surface area contributed by atoms with Crippen molar-refractivity contribution < 1.29 is 168 Å². The zero-order valence-corrected chi connectivity index (χ0v) is 90.4. The minimum atomic E-state index is -1.86. The summed E-state index contributed by atoms with van der Waals surface area (Å²) in [4.78, 5) is 80.9. The van der Waals surface area contributed by atoms with Gasteiger partial charge in [0.15, 0.2) is 6.29 Å². The Balaban J connectivity index is 0.00000160. The predicted molar refractivity (Wildman–Crippen MR) is 564 cm³/mol. The summed E-state index contributed by atoms with van der Waals surface area (Å²) in [5.74, 6) is -2.38. The van der Waals surface area contributed by atoms with Crippen molar-refractivity contribution in [1.82, 2.24) is 5.32 Å². The van der Waals surface area contributed by atoms with Crippen molar-refractivity contribution in [3.63, 3.8) is 0 Å². The Morgan fingerprint density at radius 2 is 0.753 bits per heavy atom. The van der Waals surface area contributed by atoms with E-state index >= 15 is 0 Å². The molecule has 146 heavy (non-hydrogen) atoms. The summed E-state index contributed by atoms with van der Waals surface area (Å²) in [5.41, 5.74) is 23.5. The number of allylic oxidation sites excluding steroid dienone is 6. The van der Waals surface area contributed by atoms with Crippen molar-refractivity contribution in [3.8, 4) is 0 Å². The number of hydrogen-bond donors (Lipinski definition) is 5. The van der Waals surface area contributed by atoms with Crippen molar-refractivity contribution in [2.75, 3.05) is 13.7 Å². The van der Waals surface area contributed by atoms with Crippen LogP contribution in [0.1, 0.15) is 141 Å². The van der Waals surface area contributed by atoms with Gasteiger partial charge in [0.1, 0.15) is 58.0 Å². The van der Waals surface area contributed by atoms with Crippen molar-refractivity contribution in [2.24, 2.45) is 80.8 Å². The third-order valence-corrected chi connectivity index (χ3v) is 20.9. The molecule has 7 aliphatic carbocycles. The SMILES string of the molecule is Br.C=C/C=C/c1ccccc1F.C=CCC.CC(C)(C)OC(=O)NC1CC1/C=C/c1ccccc1F.CCOC(=O)C1CC1/C=C/c1ccccc1F.CO.C[Si](C)(C)[O-].Cl.NC1CC1/C=C/c1ccccc1F.NC1CC1/C=C/c1ccccc1F.O=C(O)C1CC1/C=C/c1ccccc1F.O=C=NC1CC1/C=C/c1ccccc1F.O=Cc1ccccc1F.[K+].[Li+].[N-]=[N+]=NC(=O)C1CC1/C=C/c1ccccc1F.[OH-]. The number of nitrogens with one attached hydrogen (secondary N) is 1. The average molecular weight is 2140 g/mol. The summed E-state index contributed by atoms with van der Waals surface area (Å²) >= 11 is 0. The van der Waals surface area contributed by atoms with Crippen LogP contribution in [0.5, 0.6) is 0 Å². The molecule has 9 aromatic carbocycles. The minimum Gasteiger partial charge on any atom is -0.870 e. The molecule has 7 saturated carbocycles. The molecule has 16 rings (SSSR count). The topological polar surface area (TPSA) is 340 Å². The summed E-state index contributed by atoms with van der Waals surface area (Å²) < 4.78 is 128. The van der Waals surface area contributed by atoms with Crippen LogP contribution in [0.15, 0.2) is 302 Å². The van der Waals surface area contributed by atoms with Crippen LogP contribution in [0.3, 0.4) is 0 Å². The number of amides is 2. The number of carboxylic acid groups (broad SMARTS) is 1. The van der Waals surface area contributed by atoms with Gasteiger partial charge in [0.25, 0.3) is 0 Å². The number of isocyanates is 1. The number of benzene rings is 9. The van der Waals surface area contributed by atoms with Crippen LogP contribution in [0.4, 0.5) is 44.3 Å². The molecule has 0 spiro atoms. The van der Waals surface area contributed by atoms with Crippen molar-refractivity contribution in [2.45, 2.75) is 135 Å². The van der Waals surface area contributed by atoms with E-state index in [4.69, 9.17) is 36.7 Å². The second-order valence-electron chi connectivity index (χ2n) is 34.8. The Hall–Kier alpha value is -11.0. The molecule has 9 aromatic rings. The van der Waals surface area contributed by atoms with Gasteiger partial charge in [-0.2, -0.15) is 0 Å². The number of aliphatic hydroxyl groups is 1. The van der Waals surface area contributed by atoms with Gasteiger partial charge >= 0.3 is 88.3 Å². The van der Waals surface area contributed by atoms with Crippen LogP contribution in [0.25, 0.3) is 59.1 Å². The van der Waals surface area contributed by atoms with Crippen LogP contribution < -0.4 is 91.8 Å². The fraction of sp³-hybridized carbons (Fsp3) is 0.292. The van der Waals surface area contributed by atoms with Crippen molar-refractivity contribution in [3.05, 3.63) is 405 Å². The standard InChI is InChI=1S/C16H20FNO2.C14H15FO2.C12H10FN3O.C12H10FNO.C12H11FO2.2C11H12FN.C10H9F.C7H5FO.C4H8.C3H9OSi.CH4O.BrH.ClH.K.Li.H2O/c1-16(2,3)20-15(19)18-14-10-12(14)9-8-11-6-4-5-7-13(11)17;1-2-17-14(16)12-9-11(12)8-7-10-5-3-4-6-13(10)15;13-11-4-2-1-3-8(11)5-6-9-7-10(9)12(17)15-16-14;13-11-4-2-1-3-9(11)5-6-10-7-12(10)14-8-15;13-11-4-2-1-3-8(11)5-6-9-7-10(9)12(14)15;2*12-10-4-2-1-3-8(10)5-6-9-7-11(9)13;1-2-3-6-9-7-4-5-8-10(9)11;8-7-4-2-1-3-6(7)5-9;1-3-4-2;1-5(2,3)4;1-2;;;;;/h4-9,12,14H,10H2,1-3H3,(H,18,19);3-8,11-12H,2,9H2,1H3;1-6,9-10H,7H2;1-6,10,12H,7H2;1-6,9-10H,7H2,(H,14,15);2*1-6,9,11H,7,13H2;2-8H,1H2;1-5H;3H,1,4H2,2H3;1-3H3;2H,1H3;2*1H;;;1H2/q;;;;;;;;;;-1;;;;2*+1;/p-1/b9-8+;8-7+;5*6-5+;6-3+;;;;;;;;;. The summed E-state index contributed by atoms with van der Waals surface area (Å²) in [6.45, 7) is 22.0. The quantitative estimate of drug-likeness (QED) is 0.00321. The van der Waals surface area contributed by atoms with E-state index in [1.54, 1.807) is 233 Å². The van der Waals surface area contributed by atoms with Gasteiger partial charge in [-0.3, -0.25) is 19.2 Å². The number of rotatable bonds is 24. The zero-order chi connectivity index (χ0) is 104. The van der Waals surface area contributed by atoms with Gasteiger partial charge in [-0.1, -0.05) is 309 Å². The van der Waals surface area contributed by atoms with Crippen LogP contribution in [-0.2, 0) is 28.7 Å². The number of carbonyl (C=O) groups is 5. The number of azide groups is 1. The Kier molecular flexibility index (Phi) is 67.7. The number of ether oxygens (including phenoxy) is 2. The summed E-state index contributed by atoms with van der Waals surface area (Å²) in [5, 5.41) is 21.5. The second kappa shape index (κ2) is 73.2. The van der Waals surface area contributed by atoms with E-state index in [0.717, 1.165) is 45.6 Å². The number of halogens is 11. The molecule has 2 amide bonds. The maximum absolute atomic E-state index is 13.4. The number of nitrogens with zero attached hydrogens (tertiary/aromatic N) is 4. The summed E-state index contributed by atoms with van der Waals surface area (Å²) in [6.07, 6.45) is 41.0. The van der Waals surface area contributed by atoms with Crippen LogP contribution in [-0.4, -0.2) is 104 Å². The van der Waals surface area contributed by atoms with Gasteiger partial charge in [0, 0.05) is 86.5 Å². The summed E-state index contributed by atoms with van der Waals surface area (Å²) in [6, 6.07) is 59.4. The van der Waals surface area contributed by atoms with Crippen LogP contribution in [0.2, 0.25) is 19.6 Å². The predicted octanol–water partition coefficient (Wildman–Crippen LogP) is 20.5. The first-order chi connectivity index (χ1) is 67.4. The van der Waals surface area contributed by atoms with E-state index in [1.165, 1.54) is 66.7 Å². The molecule has 770 valence electrons. The van der Waals surface area contributed by atoms with Crippen LogP contribution >= 0.6 is 29.4 Å². The Morgan fingerprint density at radius 1 is 0.486 bits per heavy atom. The number of alkyl carbamates (subject to hydrolysis) is 1. The molecule has 7 fully saturated rings. The molecule has 14 atom stereocenters. The van der Waals surface area contributed by atoms with E-state index in [-0.39, 0.29) is 223 Å². The number of aliphatic carboxylic acids is 1. The monoisotopic (exact) mass is 2130 g/mol. The third-order valence-electron chi connectivity index (χ3n) is 20.9. The molecule has 19 nitrogen and oxygen atoms in total. The van der Waals surface area contributed by atoms with Crippen molar-refractivity contribution >= 4 is 123 Å². The number of carbonyl (C=O) groups excluding carboxylic acids is 5. The number of nitrogens with two attached hydrogens (primary N) is 2. The molecular weight excluding hydrogens is 2010 g/mol. The normalized spacial score (nSPS) is 19.8. The maximum atomic E-state index is 13.4. The van der Waals surface area contributed by atoms with Gasteiger partial charge in [-0.15, -0.1) is 36.0 Å². The molecule has 0 aromatic heterocycles. The fourth-order valence-corrected chi connectivity index (χ4v) is 12.3. The fourth-order valence-electron chi connectivity index (χ4n) is 12.3. The molecule has 0 heterocycles. The van der Waals surface area contributed by atoms with Gasteiger partial charge in [-0.05, 0) is 186 Å². The van der Waals surface area contributed by atoms with Gasteiger partial charge in [0.05, 0.1) is 30.0 Å². The first-order valence-corrected chi connectivity index (χ1v) is 49.4. The Bertz CT molecular complexity index is 5740. The first-order valence-electron chi connectivity index (χ1n) is 46.0. The van der Waals surface area contributed by atoms with Gasteiger partial charge < -0.3 is 46.7 Å². The molecule has 33 heteroatoms. The first kappa shape index (κ1) is 135. The Morgan fingerprint density at radius 3 is 1.01 bits per heavy atom. The smallest absolute Gasteiger partial charge is 0.870 e. The number of aliphatic hydroxyl groups excluding tert-OH is 1. The number of esters is 1.